The fraction of sp³-hybridized carbons (Fsp3) is 0.0909. The van der Waals surface area contributed by atoms with Crippen molar-refractivity contribution < 1.29 is 9.53 Å². The predicted molar refractivity (Wildman–Crippen MR) is 53.3 cm³/mol. The lowest BCUT2D eigenvalue weighted by molar-refractivity contribution is -0.109. The van der Waals surface area contributed by atoms with E-state index in [2.05, 4.69) is 4.98 Å². The first-order valence-electron chi connectivity index (χ1n) is 4.32. The van der Waals surface area contributed by atoms with E-state index in [9.17, 15) is 4.79 Å². The molecule has 2 rings (SSSR count). The molecular formula is C11H9NO2. The van der Waals surface area contributed by atoms with E-state index in [1.54, 1.807) is 6.20 Å². The van der Waals surface area contributed by atoms with Crippen molar-refractivity contribution in [3.8, 4) is 5.88 Å². The third-order valence-electron chi connectivity index (χ3n) is 1.93. The summed E-state index contributed by atoms with van der Waals surface area (Å²) >= 11 is 0. The minimum absolute atomic E-state index is 0.0427. The molecule has 0 bridgehead atoms. The molecule has 0 saturated heterocycles. The van der Waals surface area contributed by atoms with Crippen LogP contribution in [0.25, 0.3) is 10.8 Å². The number of rotatable bonds is 3. The standard InChI is InChI=1S/C11H9NO2/c13-7-8-14-11-10-4-2-1-3-9(10)5-6-12-11/h1-7H,8H2. The molecule has 0 atom stereocenters. The van der Waals surface area contributed by atoms with Crippen LogP contribution in [0.2, 0.25) is 0 Å². The molecule has 0 aliphatic rings. The molecule has 0 saturated carbocycles. The Morgan fingerprint density at radius 2 is 2.14 bits per heavy atom. The van der Waals surface area contributed by atoms with Crippen LogP contribution >= 0.6 is 0 Å². The van der Waals surface area contributed by atoms with Crippen molar-refractivity contribution in [3.63, 3.8) is 0 Å². The zero-order valence-corrected chi connectivity index (χ0v) is 7.51. The van der Waals surface area contributed by atoms with E-state index in [1.165, 1.54) is 0 Å². The third kappa shape index (κ3) is 1.57. The highest BCUT2D eigenvalue weighted by molar-refractivity contribution is 5.86. The van der Waals surface area contributed by atoms with Crippen molar-refractivity contribution in [2.45, 2.75) is 0 Å². The monoisotopic (exact) mass is 187 g/mol. The summed E-state index contributed by atoms with van der Waals surface area (Å²) in [7, 11) is 0. The maximum atomic E-state index is 10.2. The Kier molecular flexibility index (Phi) is 2.40. The maximum Gasteiger partial charge on any atom is 0.221 e. The van der Waals surface area contributed by atoms with Gasteiger partial charge in [-0.25, -0.2) is 4.98 Å². The van der Waals surface area contributed by atoms with Gasteiger partial charge in [0.05, 0.1) is 0 Å². The fourth-order valence-corrected chi connectivity index (χ4v) is 1.32. The van der Waals surface area contributed by atoms with Gasteiger partial charge in [0.15, 0.2) is 6.29 Å². The van der Waals surface area contributed by atoms with Gasteiger partial charge >= 0.3 is 0 Å². The summed E-state index contributed by atoms with van der Waals surface area (Å²) in [6, 6.07) is 9.67. The number of pyridine rings is 1. The second-order valence-corrected chi connectivity index (χ2v) is 2.81. The number of carbonyl (C=O) groups excluding carboxylic acids is 1. The van der Waals surface area contributed by atoms with Crippen LogP contribution in [-0.4, -0.2) is 17.9 Å². The number of benzene rings is 1. The van der Waals surface area contributed by atoms with E-state index < -0.39 is 0 Å². The Labute approximate surface area is 81.3 Å². The summed E-state index contributed by atoms with van der Waals surface area (Å²) in [5, 5.41) is 1.99. The number of ether oxygens (including phenoxy) is 1. The van der Waals surface area contributed by atoms with Gasteiger partial charge < -0.3 is 4.74 Å². The lowest BCUT2D eigenvalue weighted by Crippen LogP contribution is -1.99. The van der Waals surface area contributed by atoms with E-state index >= 15 is 0 Å². The molecule has 1 aromatic carbocycles. The zero-order chi connectivity index (χ0) is 9.80. The first-order valence-corrected chi connectivity index (χ1v) is 4.32. The number of fused-ring (bicyclic) bond motifs is 1. The van der Waals surface area contributed by atoms with Crippen molar-refractivity contribution in [3.05, 3.63) is 36.5 Å². The quantitative estimate of drug-likeness (QED) is 0.688. The number of carbonyl (C=O) groups is 1. The van der Waals surface area contributed by atoms with E-state index in [0.29, 0.717) is 12.2 Å². The van der Waals surface area contributed by atoms with E-state index in [1.807, 2.05) is 30.3 Å². The van der Waals surface area contributed by atoms with E-state index in [4.69, 9.17) is 4.74 Å². The molecule has 3 nitrogen and oxygen atoms in total. The van der Waals surface area contributed by atoms with Crippen LogP contribution in [0.15, 0.2) is 36.5 Å². The normalized spacial score (nSPS) is 10.0. The molecule has 3 heteroatoms. The summed E-state index contributed by atoms with van der Waals surface area (Å²) in [6.45, 7) is 0.0427. The van der Waals surface area contributed by atoms with Crippen LogP contribution in [0, 0.1) is 0 Å². The summed E-state index contributed by atoms with van der Waals surface area (Å²) in [5.74, 6) is 0.509. The Morgan fingerprint density at radius 1 is 1.29 bits per heavy atom. The summed E-state index contributed by atoms with van der Waals surface area (Å²) < 4.78 is 5.19. The molecule has 0 spiro atoms. The smallest absolute Gasteiger partial charge is 0.221 e. The van der Waals surface area contributed by atoms with Crippen molar-refractivity contribution in [1.82, 2.24) is 4.98 Å². The van der Waals surface area contributed by atoms with Gasteiger partial charge in [0, 0.05) is 11.6 Å². The first kappa shape index (κ1) is 8.69. The first-order chi connectivity index (χ1) is 6.92. The van der Waals surface area contributed by atoms with Gasteiger partial charge in [0.2, 0.25) is 5.88 Å². The van der Waals surface area contributed by atoms with Gasteiger partial charge in [-0.2, -0.15) is 0 Å². The second-order valence-electron chi connectivity index (χ2n) is 2.81. The molecule has 0 N–H and O–H groups in total. The second kappa shape index (κ2) is 3.87. The summed E-state index contributed by atoms with van der Waals surface area (Å²) in [4.78, 5) is 14.2. The van der Waals surface area contributed by atoms with Crippen LogP contribution in [0.3, 0.4) is 0 Å². The minimum Gasteiger partial charge on any atom is -0.470 e. The lowest BCUT2D eigenvalue weighted by atomic mass is 10.2. The molecule has 2 aromatic rings. The van der Waals surface area contributed by atoms with Gasteiger partial charge in [-0.3, -0.25) is 4.79 Å². The molecule has 0 unspecified atom stereocenters. The number of hydrogen-bond acceptors (Lipinski definition) is 3. The van der Waals surface area contributed by atoms with Crippen LogP contribution in [0.5, 0.6) is 5.88 Å². The number of aromatic nitrogens is 1. The number of aldehydes is 1. The number of hydrogen-bond donors (Lipinski definition) is 0. The molecule has 1 heterocycles. The molecule has 0 aliphatic carbocycles. The molecule has 0 fully saturated rings. The van der Waals surface area contributed by atoms with Gasteiger partial charge in [-0.15, -0.1) is 0 Å². The van der Waals surface area contributed by atoms with Crippen molar-refractivity contribution in [2.75, 3.05) is 6.61 Å². The van der Waals surface area contributed by atoms with Gasteiger partial charge in [0.25, 0.3) is 0 Å². The molecule has 14 heavy (non-hydrogen) atoms. The largest absolute Gasteiger partial charge is 0.470 e. The van der Waals surface area contributed by atoms with Crippen molar-refractivity contribution in [1.29, 1.82) is 0 Å². The Bertz CT molecular complexity index is 448. The number of nitrogens with zero attached hydrogens (tertiary/aromatic N) is 1. The van der Waals surface area contributed by atoms with Gasteiger partial charge in [0.1, 0.15) is 6.61 Å². The Balaban J connectivity index is 2.48. The molecule has 1 aromatic heterocycles. The van der Waals surface area contributed by atoms with Crippen molar-refractivity contribution in [2.24, 2.45) is 0 Å². The van der Waals surface area contributed by atoms with E-state index in [0.717, 1.165) is 10.8 Å². The highest BCUT2D eigenvalue weighted by Crippen LogP contribution is 2.21. The Hall–Kier alpha value is -1.90. The van der Waals surface area contributed by atoms with Crippen LogP contribution < -0.4 is 4.74 Å². The summed E-state index contributed by atoms with van der Waals surface area (Å²) in [5.41, 5.74) is 0. The van der Waals surface area contributed by atoms with Crippen molar-refractivity contribution >= 4 is 17.1 Å². The lowest BCUT2D eigenvalue weighted by Gasteiger charge is -2.04. The summed E-state index contributed by atoms with van der Waals surface area (Å²) in [6.07, 6.45) is 2.38. The Morgan fingerprint density at radius 3 is 3.00 bits per heavy atom. The molecule has 0 radical (unpaired) electrons. The molecule has 0 amide bonds. The predicted octanol–water partition coefficient (Wildman–Crippen LogP) is 1.81. The topological polar surface area (TPSA) is 39.2 Å². The van der Waals surface area contributed by atoms with Gasteiger partial charge in [-0.1, -0.05) is 18.2 Å². The van der Waals surface area contributed by atoms with Crippen LogP contribution in [-0.2, 0) is 4.79 Å². The SMILES string of the molecule is O=CCOc1nccc2ccccc12. The maximum absolute atomic E-state index is 10.2. The molecule has 0 aliphatic heterocycles. The van der Waals surface area contributed by atoms with Crippen LogP contribution in [0.1, 0.15) is 0 Å². The third-order valence-corrected chi connectivity index (χ3v) is 1.93. The van der Waals surface area contributed by atoms with Crippen LogP contribution in [0.4, 0.5) is 0 Å². The average Bonchev–Trinajstić information content (AvgIpc) is 2.26. The highest BCUT2D eigenvalue weighted by atomic mass is 16.5. The average molecular weight is 187 g/mol. The minimum atomic E-state index is 0.0427. The molecular weight excluding hydrogens is 178 g/mol. The molecule has 70 valence electrons. The fourth-order valence-electron chi connectivity index (χ4n) is 1.32. The van der Waals surface area contributed by atoms with E-state index in [-0.39, 0.29) is 6.61 Å². The zero-order valence-electron chi connectivity index (χ0n) is 7.51. The highest BCUT2D eigenvalue weighted by Gasteiger charge is 2.01. The van der Waals surface area contributed by atoms with Gasteiger partial charge in [-0.05, 0) is 17.5 Å².